The van der Waals surface area contributed by atoms with Gasteiger partial charge in [0.2, 0.25) is 0 Å². The van der Waals surface area contributed by atoms with E-state index in [1.54, 1.807) is 12.4 Å². The SMILES string of the molecule is CC(C)C(c1cnccn1)C(C)Br. The molecule has 1 aromatic rings. The van der Waals surface area contributed by atoms with E-state index >= 15 is 0 Å². The van der Waals surface area contributed by atoms with Gasteiger partial charge in [0.1, 0.15) is 0 Å². The van der Waals surface area contributed by atoms with E-state index in [2.05, 4.69) is 46.7 Å². The van der Waals surface area contributed by atoms with Crippen LogP contribution in [0.1, 0.15) is 32.4 Å². The molecular weight excluding hydrogens is 228 g/mol. The van der Waals surface area contributed by atoms with E-state index in [1.165, 1.54) is 0 Å². The minimum absolute atomic E-state index is 0.434. The lowest BCUT2D eigenvalue weighted by atomic mass is 9.90. The minimum Gasteiger partial charge on any atom is -0.261 e. The maximum Gasteiger partial charge on any atom is 0.0631 e. The topological polar surface area (TPSA) is 25.8 Å². The Morgan fingerprint density at radius 1 is 1.23 bits per heavy atom. The number of hydrogen-bond donors (Lipinski definition) is 0. The largest absolute Gasteiger partial charge is 0.261 e. The molecule has 0 amide bonds. The molecule has 72 valence electrons. The van der Waals surface area contributed by atoms with Crippen molar-refractivity contribution in [3.63, 3.8) is 0 Å². The Morgan fingerprint density at radius 3 is 2.31 bits per heavy atom. The maximum absolute atomic E-state index is 4.33. The summed E-state index contributed by atoms with van der Waals surface area (Å²) < 4.78 is 0. The van der Waals surface area contributed by atoms with Gasteiger partial charge in [0.15, 0.2) is 0 Å². The number of nitrogens with zero attached hydrogens (tertiary/aromatic N) is 2. The Morgan fingerprint density at radius 2 is 1.92 bits per heavy atom. The Hall–Kier alpha value is -0.440. The van der Waals surface area contributed by atoms with Crippen molar-refractivity contribution >= 4 is 15.9 Å². The van der Waals surface area contributed by atoms with E-state index < -0.39 is 0 Å². The molecule has 0 saturated carbocycles. The van der Waals surface area contributed by atoms with Crippen LogP contribution >= 0.6 is 15.9 Å². The van der Waals surface area contributed by atoms with Gasteiger partial charge in [0.25, 0.3) is 0 Å². The quantitative estimate of drug-likeness (QED) is 0.762. The Bertz CT molecular complexity index is 238. The summed E-state index contributed by atoms with van der Waals surface area (Å²) in [6.45, 7) is 6.56. The van der Waals surface area contributed by atoms with E-state index in [-0.39, 0.29) is 0 Å². The summed E-state index contributed by atoms with van der Waals surface area (Å²) in [5.41, 5.74) is 1.07. The third-order valence-corrected chi connectivity index (χ3v) is 2.71. The lowest BCUT2D eigenvalue weighted by Gasteiger charge is -2.22. The van der Waals surface area contributed by atoms with Crippen molar-refractivity contribution in [2.45, 2.75) is 31.5 Å². The molecule has 0 radical (unpaired) electrons. The highest BCUT2D eigenvalue weighted by Gasteiger charge is 2.21. The van der Waals surface area contributed by atoms with Gasteiger partial charge in [-0.25, -0.2) is 0 Å². The van der Waals surface area contributed by atoms with Crippen LogP contribution in [0.25, 0.3) is 0 Å². The van der Waals surface area contributed by atoms with Crippen LogP contribution in [0.4, 0.5) is 0 Å². The number of hydrogen-bond acceptors (Lipinski definition) is 2. The first kappa shape index (κ1) is 10.6. The van der Waals surface area contributed by atoms with Crippen LogP contribution in [0.3, 0.4) is 0 Å². The average molecular weight is 243 g/mol. The summed E-state index contributed by atoms with van der Waals surface area (Å²) in [7, 11) is 0. The second-order valence-corrected chi connectivity index (χ2v) is 5.02. The van der Waals surface area contributed by atoms with E-state index in [0.29, 0.717) is 16.7 Å². The van der Waals surface area contributed by atoms with Gasteiger partial charge in [-0.3, -0.25) is 9.97 Å². The summed E-state index contributed by atoms with van der Waals surface area (Å²) in [5, 5.41) is 0. The van der Waals surface area contributed by atoms with Crippen molar-refractivity contribution in [3.05, 3.63) is 24.3 Å². The zero-order chi connectivity index (χ0) is 9.84. The Labute approximate surface area is 87.9 Å². The van der Waals surface area contributed by atoms with Gasteiger partial charge >= 0.3 is 0 Å². The van der Waals surface area contributed by atoms with E-state index in [0.717, 1.165) is 5.69 Å². The molecule has 0 N–H and O–H groups in total. The minimum atomic E-state index is 0.434. The zero-order valence-corrected chi connectivity index (χ0v) is 9.82. The lowest BCUT2D eigenvalue weighted by Crippen LogP contribution is -2.16. The molecule has 1 aromatic heterocycles. The Balaban J connectivity index is 2.89. The molecule has 2 unspecified atom stereocenters. The number of rotatable bonds is 3. The van der Waals surface area contributed by atoms with E-state index in [1.807, 2.05) is 6.20 Å². The zero-order valence-electron chi connectivity index (χ0n) is 8.24. The van der Waals surface area contributed by atoms with Crippen molar-refractivity contribution in [2.24, 2.45) is 5.92 Å². The molecular formula is C10H15BrN2. The van der Waals surface area contributed by atoms with Gasteiger partial charge in [-0.05, 0) is 5.92 Å². The van der Waals surface area contributed by atoms with Gasteiger partial charge in [-0.1, -0.05) is 36.7 Å². The van der Waals surface area contributed by atoms with Crippen molar-refractivity contribution in [1.82, 2.24) is 9.97 Å². The number of halogens is 1. The molecule has 0 aliphatic carbocycles. The molecule has 1 heterocycles. The van der Waals surface area contributed by atoms with Crippen LogP contribution in [0.2, 0.25) is 0 Å². The second kappa shape index (κ2) is 4.70. The van der Waals surface area contributed by atoms with E-state index in [4.69, 9.17) is 0 Å². The van der Waals surface area contributed by atoms with Gasteiger partial charge in [-0.2, -0.15) is 0 Å². The summed E-state index contributed by atoms with van der Waals surface area (Å²) in [6.07, 6.45) is 5.31. The van der Waals surface area contributed by atoms with Crippen LogP contribution in [0.5, 0.6) is 0 Å². The van der Waals surface area contributed by atoms with Gasteiger partial charge in [0.05, 0.1) is 5.69 Å². The molecule has 1 rings (SSSR count). The fourth-order valence-corrected chi connectivity index (χ4v) is 2.47. The van der Waals surface area contributed by atoms with Crippen molar-refractivity contribution < 1.29 is 0 Å². The van der Waals surface area contributed by atoms with Gasteiger partial charge in [0, 0.05) is 29.3 Å². The molecule has 0 spiro atoms. The van der Waals surface area contributed by atoms with Crippen LogP contribution in [0, 0.1) is 5.92 Å². The van der Waals surface area contributed by atoms with Crippen LogP contribution in [0.15, 0.2) is 18.6 Å². The first-order valence-electron chi connectivity index (χ1n) is 4.53. The van der Waals surface area contributed by atoms with Crippen molar-refractivity contribution in [1.29, 1.82) is 0 Å². The first-order valence-corrected chi connectivity index (χ1v) is 5.44. The molecule has 0 bridgehead atoms. The highest BCUT2D eigenvalue weighted by atomic mass is 79.9. The first-order chi connectivity index (χ1) is 6.13. The standard InChI is InChI=1S/C10H15BrN2/c1-7(2)10(8(3)11)9-6-12-4-5-13-9/h4-8,10H,1-3H3. The third kappa shape index (κ3) is 2.76. The van der Waals surface area contributed by atoms with Crippen LogP contribution < -0.4 is 0 Å². The predicted molar refractivity (Wildman–Crippen MR) is 58.0 cm³/mol. The second-order valence-electron chi connectivity index (χ2n) is 3.58. The molecule has 0 fully saturated rings. The number of alkyl halides is 1. The highest BCUT2D eigenvalue weighted by molar-refractivity contribution is 9.09. The fraction of sp³-hybridized carbons (Fsp3) is 0.600. The van der Waals surface area contributed by atoms with Crippen LogP contribution in [-0.2, 0) is 0 Å². The molecule has 0 aromatic carbocycles. The summed E-state index contributed by atoms with van der Waals surface area (Å²) in [4.78, 5) is 8.85. The molecule has 13 heavy (non-hydrogen) atoms. The summed E-state index contributed by atoms with van der Waals surface area (Å²) in [6, 6.07) is 0. The predicted octanol–water partition coefficient (Wildman–Crippen LogP) is 3.00. The Kier molecular flexibility index (Phi) is 3.85. The summed E-state index contributed by atoms with van der Waals surface area (Å²) >= 11 is 3.61. The number of aromatic nitrogens is 2. The fourth-order valence-electron chi connectivity index (χ4n) is 1.59. The average Bonchev–Trinajstić information content (AvgIpc) is 2.04. The molecule has 0 aliphatic rings. The molecule has 0 saturated heterocycles. The van der Waals surface area contributed by atoms with Gasteiger partial charge in [-0.15, -0.1) is 0 Å². The van der Waals surface area contributed by atoms with E-state index in [9.17, 15) is 0 Å². The molecule has 0 aliphatic heterocycles. The van der Waals surface area contributed by atoms with Crippen molar-refractivity contribution in [2.75, 3.05) is 0 Å². The normalized spacial score (nSPS) is 15.8. The van der Waals surface area contributed by atoms with Crippen molar-refractivity contribution in [3.8, 4) is 0 Å². The van der Waals surface area contributed by atoms with Crippen LogP contribution in [-0.4, -0.2) is 14.8 Å². The smallest absolute Gasteiger partial charge is 0.0631 e. The third-order valence-electron chi connectivity index (χ3n) is 2.14. The highest BCUT2D eigenvalue weighted by Crippen LogP contribution is 2.29. The lowest BCUT2D eigenvalue weighted by molar-refractivity contribution is 0.486. The maximum atomic E-state index is 4.33. The molecule has 2 nitrogen and oxygen atoms in total. The summed E-state index contributed by atoms with van der Waals surface area (Å²) in [5.74, 6) is 1.01. The molecule has 3 heteroatoms. The monoisotopic (exact) mass is 242 g/mol. The molecule has 2 atom stereocenters. The van der Waals surface area contributed by atoms with Gasteiger partial charge < -0.3 is 0 Å².